The van der Waals surface area contributed by atoms with Gasteiger partial charge in [-0.3, -0.25) is 4.79 Å². The molecule has 1 aromatic carbocycles. The lowest BCUT2D eigenvalue weighted by Crippen LogP contribution is -2.18. The minimum Gasteiger partial charge on any atom is -0.494 e. The van der Waals surface area contributed by atoms with E-state index in [1.807, 2.05) is 32.0 Å². The average molecular weight is 292 g/mol. The second kappa shape index (κ2) is 7.88. The van der Waals surface area contributed by atoms with E-state index in [0.717, 1.165) is 25.3 Å². The van der Waals surface area contributed by atoms with Gasteiger partial charge in [-0.2, -0.15) is 0 Å². The van der Waals surface area contributed by atoms with Gasteiger partial charge >= 0.3 is 0 Å². The van der Waals surface area contributed by atoms with E-state index in [4.69, 9.17) is 9.47 Å². The highest BCUT2D eigenvalue weighted by Gasteiger charge is 2.19. The van der Waals surface area contributed by atoms with Gasteiger partial charge in [0.05, 0.1) is 18.9 Å². The van der Waals surface area contributed by atoms with Gasteiger partial charge in [0.15, 0.2) is 0 Å². The molecule has 0 spiro atoms. The third-order valence-electron chi connectivity index (χ3n) is 3.47. The van der Waals surface area contributed by atoms with E-state index < -0.39 is 0 Å². The number of benzene rings is 1. The molecule has 5 heteroatoms. The summed E-state index contributed by atoms with van der Waals surface area (Å²) in [6, 6.07) is 5.51. The molecular weight excluding hydrogens is 268 g/mol. The number of nitrogens with one attached hydrogen (secondary N) is 2. The molecule has 1 fully saturated rings. The number of amides is 1. The molecule has 0 saturated carbocycles. The second-order valence-electron chi connectivity index (χ2n) is 5.14. The maximum atomic E-state index is 12.2. The number of hydrogen-bond acceptors (Lipinski definition) is 4. The molecule has 1 heterocycles. The van der Waals surface area contributed by atoms with Crippen LogP contribution in [-0.4, -0.2) is 32.2 Å². The first-order chi connectivity index (χ1) is 10.2. The van der Waals surface area contributed by atoms with Crippen LogP contribution >= 0.6 is 0 Å². The Labute approximate surface area is 126 Å². The lowest BCUT2D eigenvalue weighted by molar-refractivity contribution is -0.117. The average Bonchev–Trinajstić information content (AvgIpc) is 2.95. The lowest BCUT2D eigenvalue weighted by atomic mass is 10.0. The van der Waals surface area contributed by atoms with E-state index in [2.05, 4.69) is 10.6 Å². The second-order valence-corrected chi connectivity index (χ2v) is 5.14. The van der Waals surface area contributed by atoms with Crippen LogP contribution in [0.2, 0.25) is 0 Å². The molecule has 1 aromatic rings. The number of anilines is 1. The van der Waals surface area contributed by atoms with Crippen molar-refractivity contribution in [2.24, 2.45) is 5.92 Å². The van der Waals surface area contributed by atoms with Crippen LogP contribution in [0, 0.1) is 5.92 Å². The molecule has 1 saturated heterocycles. The van der Waals surface area contributed by atoms with Gasteiger partial charge in [-0.15, -0.1) is 0 Å². The van der Waals surface area contributed by atoms with Crippen LogP contribution in [0.15, 0.2) is 18.2 Å². The molecule has 1 amide bonds. The van der Waals surface area contributed by atoms with Crippen molar-refractivity contribution in [3.63, 3.8) is 0 Å². The van der Waals surface area contributed by atoms with Crippen LogP contribution in [0.5, 0.6) is 11.5 Å². The highest BCUT2D eigenvalue weighted by atomic mass is 16.5. The Morgan fingerprint density at radius 3 is 2.81 bits per heavy atom. The van der Waals surface area contributed by atoms with Crippen molar-refractivity contribution >= 4 is 11.6 Å². The Balaban J connectivity index is 2.04. The molecule has 0 radical (unpaired) electrons. The number of hydrogen-bond donors (Lipinski definition) is 2. The lowest BCUT2D eigenvalue weighted by Gasteiger charge is -2.14. The topological polar surface area (TPSA) is 59.6 Å². The van der Waals surface area contributed by atoms with E-state index in [-0.39, 0.29) is 5.91 Å². The first kappa shape index (κ1) is 15.6. The van der Waals surface area contributed by atoms with E-state index in [1.54, 1.807) is 0 Å². The van der Waals surface area contributed by atoms with Crippen molar-refractivity contribution in [2.75, 3.05) is 31.6 Å². The predicted molar refractivity (Wildman–Crippen MR) is 83.0 cm³/mol. The molecule has 5 nitrogen and oxygen atoms in total. The van der Waals surface area contributed by atoms with Gasteiger partial charge in [-0.05, 0) is 51.4 Å². The summed E-state index contributed by atoms with van der Waals surface area (Å²) in [5.41, 5.74) is 0.679. The smallest absolute Gasteiger partial charge is 0.224 e. The molecule has 116 valence electrons. The summed E-state index contributed by atoms with van der Waals surface area (Å²) in [5.74, 6) is 1.87. The van der Waals surface area contributed by atoms with Gasteiger partial charge < -0.3 is 20.1 Å². The standard InChI is InChI=1S/C16H24N2O3/c1-3-20-13-5-6-15(21-4-2)14(10-13)18-16(19)9-12-7-8-17-11-12/h5-6,10,12,17H,3-4,7-9,11H2,1-2H3,(H,18,19). The first-order valence-electron chi connectivity index (χ1n) is 7.63. The van der Waals surface area contributed by atoms with E-state index in [0.29, 0.717) is 37.0 Å². The molecular formula is C16H24N2O3. The summed E-state index contributed by atoms with van der Waals surface area (Å²) in [6.07, 6.45) is 1.60. The zero-order valence-corrected chi connectivity index (χ0v) is 12.8. The molecule has 2 N–H and O–H groups in total. The first-order valence-corrected chi connectivity index (χ1v) is 7.63. The molecule has 2 rings (SSSR count). The van der Waals surface area contributed by atoms with Gasteiger partial charge in [0.2, 0.25) is 5.91 Å². The third-order valence-corrected chi connectivity index (χ3v) is 3.47. The van der Waals surface area contributed by atoms with Crippen molar-refractivity contribution in [3.8, 4) is 11.5 Å². The molecule has 0 bridgehead atoms. The van der Waals surface area contributed by atoms with Crippen LogP contribution in [0.25, 0.3) is 0 Å². The van der Waals surface area contributed by atoms with Crippen LogP contribution < -0.4 is 20.1 Å². The van der Waals surface area contributed by atoms with Gasteiger partial charge in [-0.1, -0.05) is 0 Å². The number of carbonyl (C=O) groups is 1. The summed E-state index contributed by atoms with van der Waals surface area (Å²) in [5, 5.41) is 6.22. The van der Waals surface area contributed by atoms with Crippen LogP contribution in [0.4, 0.5) is 5.69 Å². The molecule has 1 unspecified atom stereocenters. The number of rotatable bonds is 7. The van der Waals surface area contributed by atoms with Crippen molar-refractivity contribution in [1.82, 2.24) is 5.32 Å². The SMILES string of the molecule is CCOc1ccc(OCC)c(NC(=O)CC2CCNC2)c1. The zero-order chi connectivity index (χ0) is 15.1. The van der Waals surface area contributed by atoms with Gasteiger partial charge in [0, 0.05) is 12.5 Å². The van der Waals surface area contributed by atoms with Crippen molar-refractivity contribution < 1.29 is 14.3 Å². The Bertz CT molecular complexity index is 471. The molecule has 0 aliphatic carbocycles. The van der Waals surface area contributed by atoms with Crippen LogP contribution in [0.3, 0.4) is 0 Å². The van der Waals surface area contributed by atoms with E-state index in [9.17, 15) is 4.79 Å². The predicted octanol–water partition coefficient (Wildman–Crippen LogP) is 2.42. The molecule has 1 atom stereocenters. The monoisotopic (exact) mass is 292 g/mol. The summed E-state index contributed by atoms with van der Waals surface area (Å²) in [4.78, 5) is 12.2. The fourth-order valence-corrected chi connectivity index (χ4v) is 2.50. The van der Waals surface area contributed by atoms with Crippen molar-refractivity contribution in [2.45, 2.75) is 26.7 Å². The molecule has 0 aromatic heterocycles. The van der Waals surface area contributed by atoms with Crippen molar-refractivity contribution in [3.05, 3.63) is 18.2 Å². The van der Waals surface area contributed by atoms with Crippen LogP contribution in [-0.2, 0) is 4.79 Å². The Kier molecular flexibility index (Phi) is 5.87. The molecule has 1 aliphatic rings. The highest BCUT2D eigenvalue weighted by molar-refractivity contribution is 5.92. The maximum Gasteiger partial charge on any atom is 0.224 e. The fraction of sp³-hybridized carbons (Fsp3) is 0.562. The largest absolute Gasteiger partial charge is 0.494 e. The minimum atomic E-state index is 0.0262. The van der Waals surface area contributed by atoms with E-state index in [1.165, 1.54) is 0 Å². The van der Waals surface area contributed by atoms with Gasteiger partial charge in [0.25, 0.3) is 0 Å². The van der Waals surface area contributed by atoms with Crippen molar-refractivity contribution in [1.29, 1.82) is 0 Å². The normalized spacial score (nSPS) is 17.5. The Hall–Kier alpha value is -1.75. The maximum absolute atomic E-state index is 12.2. The van der Waals surface area contributed by atoms with Gasteiger partial charge in [-0.25, -0.2) is 0 Å². The molecule has 21 heavy (non-hydrogen) atoms. The summed E-state index contributed by atoms with van der Waals surface area (Å²) >= 11 is 0. The van der Waals surface area contributed by atoms with E-state index >= 15 is 0 Å². The quantitative estimate of drug-likeness (QED) is 0.810. The third kappa shape index (κ3) is 4.63. The fourth-order valence-electron chi connectivity index (χ4n) is 2.50. The number of ether oxygens (including phenoxy) is 2. The van der Waals surface area contributed by atoms with Crippen LogP contribution in [0.1, 0.15) is 26.7 Å². The summed E-state index contributed by atoms with van der Waals surface area (Å²) in [7, 11) is 0. The van der Waals surface area contributed by atoms with Gasteiger partial charge in [0.1, 0.15) is 11.5 Å². The minimum absolute atomic E-state index is 0.0262. The number of carbonyl (C=O) groups excluding carboxylic acids is 1. The molecule has 1 aliphatic heterocycles. The summed E-state index contributed by atoms with van der Waals surface area (Å²) in [6.45, 7) is 6.93. The zero-order valence-electron chi connectivity index (χ0n) is 12.8. The Morgan fingerprint density at radius 1 is 1.33 bits per heavy atom. The summed E-state index contributed by atoms with van der Waals surface area (Å²) < 4.78 is 11.0. The highest BCUT2D eigenvalue weighted by Crippen LogP contribution is 2.30. The Morgan fingerprint density at radius 2 is 2.14 bits per heavy atom.